The number of carbonyl (C=O) groups is 2. The van der Waals surface area contributed by atoms with Gasteiger partial charge in [-0.1, -0.05) is 11.8 Å². The molecule has 0 fully saturated rings. The second-order valence-electron chi connectivity index (χ2n) is 8.09. The fraction of sp³-hybridized carbons (Fsp3) is 0.167. The summed E-state index contributed by atoms with van der Waals surface area (Å²) in [4.78, 5) is 26.0. The van der Waals surface area contributed by atoms with Gasteiger partial charge in [0, 0.05) is 32.4 Å². The van der Waals surface area contributed by atoms with Crippen molar-refractivity contribution in [3.05, 3.63) is 76.5 Å². The molecule has 0 atom stereocenters. The maximum Gasteiger partial charge on any atom is 0.412 e. The quantitative estimate of drug-likeness (QED) is 0.310. The maximum absolute atomic E-state index is 13.7. The zero-order valence-electron chi connectivity index (χ0n) is 18.2. The van der Waals surface area contributed by atoms with Gasteiger partial charge < -0.3 is 15.8 Å². The zero-order valence-corrected chi connectivity index (χ0v) is 20.6. The van der Waals surface area contributed by atoms with Gasteiger partial charge in [0.2, 0.25) is 0 Å². The van der Waals surface area contributed by atoms with Gasteiger partial charge in [0.25, 0.3) is 5.91 Å². The molecule has 0 aliphatic heterocycles. The van der Waals surface area contributed by atoms with Gasteiger partial charge in [0.15, 0.2) is 0 Å². The number of ether oxygens (including phenoxy) is 1. The number of halogens is 2. The monoisotopic (exact) mass is 531 g/mol. The van der Waals surface area contributed by atoms with Gasteiger partial charge in [-0.05, 0) is 97.4 Å². The zero-order chi connectivity index (χ0) is 24.2. The Morgan fingerprint density at radius 3 is 2.24 bits per heavy atom. The first kappa shape index (κ1) is 24.6. The van der Waals surface area contributed by atoms with E-state index in [1.807, 2.05) is 12.1 Å². The van der Waals surface area contributed by atoms with E-state index in [-0.39, 0.29) is 0 Å². The van der Waals surface area contributed by atoms with E-state index in [1.54, 1.807) is 57.2 Å². The molecule has 0 bridgehead atoms. The minimum Gasteiger partial charge on any atom is -0.444 e. The normalized spacial score (nSPS) is 11.1. The van der Waals surface area contributed by atoms with E-state index in [9.17, 15) is 14.0 Å². The highest BCUT2D eigenvalue weighted by Crippen LogP contribution is 2.33. The van der Waals surface area contributed by atoms with Gasteiger partial charge in [-0.15, -0.1) is 0 Å². The third-order valence-corrected chi connectivity index (χ3v) is 5.92. The molecule has 3 aromatic carbocycles. The summed E-state index contributed by atoms with van der Waals surface area (Å²) in [7, 11) is 0. The molecule has 172 valence electrons. The Morgan fingerprint density at radius 1 is 0.970 bits per heavy atom. The van der Waals surface area contributed by atoms with Crippen molar-refractivity contribution < 1.29 is 18.7 Å². The third kappa shape index (κ3) is 7.23. The van der Waals surface area contributed by atoms with Crippen LogP contribution in [0.15, 0.2) is 74.9 Å². The predicted molar refractivity (Wildman–Crippen MR) is 133 cm³/mol. The number of nitrogen functional groups attached to an aromatic ring is 1. The lowest BCUT2D eigenvalue weighted by atomic mass is 10.2. The molecule has 6 nitrogen and oxygen atoms in total. The topological polar surface area (TPSA) is 93.4 Å². The average molecular weight is 532 g/mol. The summed E-state index contributed by atoms with van der Waals surface area (Å²) >= 11 is 4.50. The molecule has 0 saturated heterocycles. The maximum atomic E-state index is 13.7. The van der Waals surface area contributed by atoms with Crippen LogP contribution in [-0.2, 0) is 4.74 Å². The molecule has 0 saturated carbocycles. The van der Waals surface area contributed by atoms with E-state index < -0.39 is 23.4 Å². The molecule has 0 aromatic heterocycles. The lowest BCUT2D eigenvalue weighted by molar-refractivity contribution is 0.0635. The first-order chi connectivity index (χ1) is 15.5. The van der Waals surface area contributed by atoms with Crippen LogP contribution in [0.2, 0.25) is 0 Å². The standard InChI is InChI=1S/C24H23BrFN3O3S/c1-24(2,3)32-23(31)29-15-5-8-17(9-6-15)33-21-11-4-14(12-20(21)27)22(30)28-16-7-10-18(25)19(26)13-16/h4-13H,27H2,1-3H3,(H,28,30)(H,29,31). The smallest absolute Gasteiger partial charge is 0.412 e. The van der Waals surface area contributed by atoms with Crippen LogP contribution < -0.4 is 16.4 Å². The second kappa shape index (κ2) is 10.3. The number of carbonyl (C=O) groups excluding carboxylic acids is 2. The number of nitrogens with one attached hydrogen (secondary N) is 2. The van der Waals surface area contributed by atoms with E-state index in [0.717, 1.165) is 9.79 Å². The van der Waals surface area contributed by atoms with Gasteiger partial charge >= 0.3 is 6.09 Å². The van der Waals surface area contributed by atoms with Gasteiger partial charge in [0.1, 0.15) is 11.4 Å². The van der Waals surface area contributed by atoms with Crippen molar-refractivity contribution >= 4 is 56.8 Å². The van der Waals surface area contributed by atoms with E-state index in [0.29, 0.717) is 27.1 Å². The Bertz CT molecular complexity index is 1180. The Balaban J connectivity index is 1.63. The van der Waals surface area contributed by atoms with Crippen molar-refractivity contribution in [1.82, 2.24) is 0 Å². The van der Waals surface area contributed by atoms with Crippen LogP contribution >= 0.6 is 27.7 Å². The van der Waals surface area contributed by atoms with Crippen molar-refractivity contribution in [1.29, 1.82) is 0 Å². The van der Waals surface area contributed by atoms with Crippen LogP contribution in [0.1, 0.15) is 31.1 Å². The molecule has 0 unspecified atom stereocenters. The molecular weight excluding hydrogens is 509 g/mol. The molecule has 2 amide bonds. The molecule has 0 aliphatic rings. The van der Waals surface area contributed by atoms with Gasteiger partial charge in [-0.3, -0.25) is 10.1 Å². The van der Waals surface area contributed by atoms with Crippen LogP contribution in [0.4, 0.5) is 26.2 Å². The van der Waals surface area contributed by atoms with Crippen LogP contribution in [0.25, 0.3) is 0 Å². The van der Waals surface area contributed by atoms with E-state index in [1.165, 1.54) is 23.9 Å². The lowest BCUT2D eigenvalue weighted by Gasteiger charge is -2.19. The summed E-state index contributed by atoms with van der Waals surface area (Å²) < 4.78 is 19.2. The number of hydrogen-bond acceptors (Lipinski definition) is 5. The molecular formula is C24H23BrFN3O3S. The molecule has 9 heteroatoms. The Kier molecular flexibility index (Phi) is 7.65. The van der Waals surface area contributed by atoms with Crippen molar-refractivity contribution in [2.24, 2.45) is 0 Å². The Labute approximate surface area is 204 Å². The largest absolute Gasteiger partial charge is 0.444 e. The number of amides is 2. The van der Waals surface area contributed by atoms with Crippen molar-refractivity contribution in [2.75, 3.05) is 16.4 Å². The molecule has 3 aromatic rings. The summed E-state index contributed by atoms with van der Waals surface area (Å²) in [5.74, 6) is -0.857. The second-order valence-corrected chi connectivity index (χ2v) is 10.1. The Morgan fingerprint density at radius 2 is 1.64 bits per heavy atom. The minimum absolute atomic E-state index is 0.319. The summed E-state index contributed by atoms with van der Waals surface area (Å²) in [5.41, 5.74) is 7.33. The molecule has 4 N–H and O–H groups in total. The van der Waals surface area contributed by atoms with Crippen molar-refractivity contribution in [3.63, 3.8) is 0 Å². The number of anilines is 3. The molecule has 0 aliphatic carbocycles. The summed E-state index contributed by atoms with van der Waals surface area (Å²) in [5, 5.41) is 5.33. The van der Waals surface area contributed by atoms with Crippen LogP contribution in [0.5, 0.6) is 0 Å². The number of benzene rings is 3. The number of rotatable bonds is 5. The summed E-state index contributed by atoms with van der Waals surface area (Å²) in [6.07, 6.45) is -0.521. The van der Waals surface area contributed by atoms with Crippen molar-refractivity contribution in [3.8, 4) is 0 Å². The fourth-order valence-corrected chi connectivity index (χ4v) is 3.80. The fourth-order valence-electron chi connectivity index (χ4n) is 2.71. The van der Waals surface area contributed by atoms with Crippen LogP contribution in [0, 0.1) is 5.82 Å². The van der Waals surface area contributed by atoms with E-state index in [4.69, 9.17) is 10.5 Å². The van der Waals surface area contributed by atoms with Crippen LogP contribution in [-0.4, -0.2) is 17.6 Å². The first-order valence-corrected chi connectivity index (χ1v) is 11.5. The third-order valence-electron chi connectivity index (χ3n) is 4.18. The Hall–Kier alpha value is -3.04. The average Bonchev–Trinajstić information content (AvgIpc) is 2.72. The molecule has 3 rings (SSSR count). The summed E-state index contributed by atoms with van der Waals surface area (Å²) in [6, 6.07) is 16.6. The van der Waals surface area contributed by atoms with E-state index in [2.05, 4.69) is 26.6 Å². The molecule has 33 heavy (non-hydrogen) atoms. The predicted octanol–water partition coefficient (Wildman–Crippen LogP) is 6.92. The lowest BCUT2D eigenvalue weighted by Crippen LogP contribution is -2.27. The van der Waals surface area contributed by atoms with Gasteiger partial charge in [-0.2, -0.15) is 0 Å². The molecule has 0 heterocycles. The van der Waals surface area contributed by atoms with E-state index >= 15 is 0 Å². The van der Waals surface area contributed by atoms with Gasteiger partial charge in [-0.25, -0.2) is 9.18 Å². The molecule has 0 radical (unpaired) electrons. The highest BCUT2D eigenvalue weighted by Gasteiger charge is 2.16. The minimum atomic E-state index is -0.574. The number of hydrogen-bond donors (Lipinski definition) is 3. The van der Waals surface area contributed by atoms with Crippen molar-refractivity contribution in [2.45, 2.75) is 36.2 Å². The summed E-state index contributed by atoms with van der Waals surface area (Å²) in [6.45, 7) is 5.39. The molecule has 0 spiro atoms. The SMILES string of the molecule is CC(C)(C)OC(=O)Nc1ccc(Sc2ccc(C(=O)Nc3ccc(Br)c(F)c3)cc2N)cc1. The highest BCUT2D eigenvalue weighted by molar-refractivity contribution is 9.10. The highest BCUT2D eigenvalue weighted by atomic mass is 79.9. The number of nitrogens with two attached hydrogens (primary N) is 1. The first-order valence-electron chi connectivity index (χ1n) is 9.94. The van der Waals surface area contributed by atoms with Gasteiger partial charge in [0.05, 0.1) is 4.47 Å². The van der Waals surface area contributed by atoms with Crippen LogP contribution in [0.3, 0.4) is 0 Å².